The Morgan fingerprint density at radius 3 is 2.48 bits per heavy atom. The van der Waals surface area contributed by atoms with Crippen LogP contribution in [0.2, 0.25) is 10.0 Å². The SMILES string of the molecule is NC1CCCc2ccc(C3=NSC(c4cc(Cl)c(F)c(Cl)c4)(C(F)(F)F)C3)cc21. The number of alkyl halides is 3. The van der Waals surface area contributed by atoms with Crippen LogP contribution in [0.15, 0.2) is 34.7 Å². The van der Waals surface area contributed by atoms with Gasteiger partial charge < -0.3 is 5.73 Å². The van der Waals surface area contributed by atoms with E-state index in [1.54, 1.807) is 6.07 Å². The molecule has 0 spiro atoms. The summed E-state index contributed by atoms with van der Waals surface area (Å²) in [6, 6.07) is 7.36. The van der Waals surface area contributed by atoms with E-state index in [2.05, 4.69) is 4.40 Å². The van der Waals surface area contributed by atoms with Crippen LogP contribution in [0.25, 0.3) is 0 Å². The summed E-state index contributed by atoms with van der Waals surface area (Å²) in [6.07, 6.45) is -2.32. The molecule has 0 radical (unpaired) electrons. The van der Waals surface area contributed by atoms with Gasteiger partial charge in [-0.25, -0.2) is 8.79 Å². The number of hydrogen-bond acceptors (Lipinski definition) is 3. The van der Waals surface area contributed by atoms with Gasteiger partial charge in [-0.3, -0.25) is 0 Å². The lowest BCUT2D eigenvalue weighted by atomic mass is 9.84. The molecule has 0 saturated carbocycles. The van der Waals surface area contributed by atoms with E-state index >= 15 is 0 Å². The molecule has 2 N–H and O–H groups in total. The summed E-state index contributed by atoms with van der Waals surface area (Å²) in [5.41, 5.74) is 8.96. The molecule has 2 unspecified atom stereocenters. The minimum Gasteiger partial charge on any atom is -0.324 e. The third-order valence-electron chi connectivity index (χ3n) is 5.48. The Kier molecular flexibility index (Phi) is 5.39. The van der Waals surface area contributed by atoms with Crippen molar-refractivity contribution in [3.63, 3.8) is 0 Å². The van der Waals surface area contributed by atoms with Crippen LogP contribution in [0.3, 0.4) is 0 Å². The van der Waals surface area contributed by atoms with E-state index in [4.69, 9.17) is 28.9 Å². The quantitative estimate of drug-likeness (QED) is 0.303. The highest BCUT2D eigenvalue weighted by molar-refractivity contribution is 7.99. The molecule has 1 aliphatic carbocycles. The van der Waals surface area contributed by atoms with Gasteiger partial charge in [-0.1, -0.05) is 35.3 Å². The Balaban J connectivity index is 1.74. The minimum absolute atomic E-state index is 0.129. The number of nitrogens with zero attached hydrogens (tertiary/aromatic N) is 1. The van der Waals surface area contributed by atoms with Gasteiger partial charge in [-0.2, -0.15) is 13.2 Å². The highest BCUT2D eigenvalue weighted by atomic mass is 35.5. The Morgan fingerprint density at radius 1 is 1.14 bits per heavy atom. The second kappa shape index (κ2) is 7.45. The van der Waals surface area contributed by atoms with Crippen molar-refractivity contribution < 1.29 is 17.6 Å². The van der Waals surface area contributed by atoms with Crippen molar-refractivity contribution >= 4 is 40.9 Å². The third kappa shape index (κ3) is 3.56. The topological polar surface area (TPSA) is 38.4 Å². The van der Waals surface area contributed by atoms with Crippen molar-refractivity contribution in [1.29, 1.82) is 0 Å². The maximum absolute atomic E-state index is 14.2. The van der Waals surface area contributed by atoms with Crippen molar-refractivity contribution in [2.75, 3.05) is 0 Å². The molecular formula is C20H16Cl2F4N2S. The molecule has 0 fully saturated rings. The number of rotatable bonds is 2. The number of hydrogen-bond donors (Lipinski definition) is 1. The standard InChI is InChI=1S/C20H16Cl2F4N2S/c21-14-7-12(8-15(22)18(14)23)19(20(24,25)26)9-17(28-29-19)11-5-4-10-2-1-3-16(27)13(10)6-11/h4-8,16H,1-3,9,27H2. The molecular weight excluding hydrogens is 447 g/mol. The molecule has 0 amide bonds. The number of benzene rings is 2. The highest BCUT2D eigenvalue weighted by Crippen LogP contribution is 2.57. The molecule has 2 atom stereocenters. The maximum Gasteiger partial charge on any atom is 0.409 e. The maximum atomic E-state index is 14.2. The molecule has 0 bridgehead atoms. The van der Waals surface area contributed by atoms with E-state index in [0.717, 1.165) is 42.5 Å². The van der Waals surface area contributed by atoms with Crippen molar-refractivity contribution in [3.05, 3.63) is 68.4 Å². The van der Waals surface area contributed by atoms with Gasteiger partial charge in [0.1, 0.15) is 0 Å². The van der Waals surface area contributed by atoms with Crippen LogP contribution < -0.4 is 5.73 Å². The van der Waals surface area contributed by atoms with E-state index in [0.29, 0.717) is 23.2 Å². The number of nitrogens with two attached hydrogens (primary N) is 1. The van der Waals surface area contributed by atoms with Crippen molar-refractivity contribution in [2.45, 2.75) is 42.6 Å². The van der Waals surface area contributed by atoms with Crippen LogP contribution in [0.4, 0.5) is 17.6 Å². The average Bonchev–Trinajstić information content (AvgIpc) is 3.13. The zero-order valence-electron chi connectivity index (χ0n) is 15.0. The first-order chi connectivity index (χ1) is 13.6. The fourth-order valence-electron chi connectivity index (χ4n) is 3.86. The molecule has 2 aromatic rings. The van der Waals surface area contributed by atoms with Crippen LogP contribution in [0.5, 0.6) is 0 Å². The van der Waals surface area contributed by atoms with Crippen LogP contribution in [0.1, 0.15) is 47.6 Å². The fourth-order valence-corrected chi connectivity index (χ4v) is 5.31. The summed E-state index contributed by atoms with van der Waals surface area (Å²) in [4.78, 5) is 0. The molecule has 1 heterocycles. The van der Waals surface area contributed by atoms with Gasteiger partial charge in [-0.05, 0) is 71.7 Å². The van der Waals surface area contributed by atoms with Crippen molar-refractivity contribution in [1.82, 2.24) is 0 Å². The number of halogens is 6. The van der Waals surface area contributed by atoms with E-state index in [1.807, 2.05) is 12.1 Å². The largest absolute Gasteiger partial charge is 0.409 e. The lowest BCUT2D eigenvalue weighted by Crippen LogP contribution is -2.38. The van der Waals surface area contributed by atoms with Crippen LogP contribution in [-0.2, 0) is 11.2 Å². The second-order valence-electron chi connectivity index (χ2n) is 7.30. The third-order valence-corrected chi connectivity index (χ3v) is 7.26. The summed E-state index contributed by atoms with van der Waals surface area (Å²) in [5, 5.41) is -0.908. The van der Waals surface area contributed by atoms with Crippen LogP contribution in [-0.4, -0.2) is 11.9 Å². The summed E-state index contributed by atoms with van der Waals surface area (Å²) in [6.45, 7) is 0. The molecule has 2 aliphatic rings. The molecule has 154 valence electrons. The molecule has 9 heteroatoms. The lowest BCUT2D eigenvalue weighted by Gasteiger charge is -2.30. The van der Waals surface area contributed by atoms with Gasteiger partial charge in [0.15, 0.2) is 10.6 Å². The smallest absolute Gasteiger partial charge is 0.324 e. The van der Waals surface area contributed by atoms with Gasteiger partial charge in [0.2, 0.25) is 0 Å². The van der Waals surface area contributed by atoms with Gasteiger partial charge in [0.05, 0.1) is 15.8 Å². The molecule has 0 aromatic heterocycles. The second-order valence-corrected chi connectivity index (χ2v) is 9.17. The first-order valence-corrected chi connectivity index (χ1v) is 10.5. The van der Waals surface area contributed by atoms with E-state index in [1.165, 1.54) is 0 Å². The van der Waals surface area contributed by atoms with Gasteiger partial charge in [0, 0.05) is 12.5 Å². The minimum atomic E-state index is -4.65. The molecule has 1 aliphatic heterocycles. The molecule has 0 saturated heterocycles. The number of fused-ring (bicyclic) bond motifs is 1. The van der Waals surface area contributed by atoms with E-state index < -0.39 is 33.2 Å². The van der Waals surface area contributed by atoms with Gasteiger partial charge >= 0.3 is 6.18 Å². The molecule has 4 rings (SSSR count). The first-order valence-electron chi connectivity index (χ1n) is 8.98. The van der Waals surface area contributed by atoms with E-state index in [9.17, 15) is 17.6 Å². The zero-order chi connectivity index (χ0) is 21.0. The predicted octanol–water partition coefficient (Wildman–Crippen LogP) is 6.77. The fraction of sp³-hybridized carbons (Fsp3) is 0.350. The Labute approximate surface area is 179 Å². The zero-order valence-corrected chi connectivity index (χ0v) is 17.3. The highest BCUT2D eigenvalue weighted by Gasteiger charge is 2.60. The van der Waals surface area contributed by atoms with Gasteiger partial charge in [0.25, 0.3) is 0 Å². The van der Waals surface area contributed by atoms with E-state index in [-0.39, 0.29) is 11.6 Å². The Bertz CT molecular complexity index is 985. The summed E-state index contributed by atoms with van der Waals surface area (Å²) < 4.78 is 58.1. The van der Waals surface area contributed by atoms with Gasteiger partial charge in [-0.15, -0.1) is 0 Å². The molecule has 29 heavy (non-hydrogen) atoms. The van der Waals surface area contributed by atoms with Crippen LogP contribution in [0, 0.1) is 5.82 Å². The summed E-state index contributed by atoms with van der Waals surface area (Å²) >= 11 is 11.9. The number of aryl methyl sites for hydroxylation is 1. The molecule has 2 aromatic carbocycles. The summed E-state index contributed by atoms with van der Waals surface area (Å²) in [7, 11) is 0. The predicted molar refractivity (Wildman–Crippen MR) is 109 cm³/mol. The average molecular weight is 463 g/mol. The van der Waals surface area contributed by atoms with Crippen molar-refractivity contribution in [3.8, 4) is 0 Å². The van der Waals surface area contributed by atoms with Crippen LogP contribution >= 0.6 is 35.1 Å². The monoisotopic (exact) mass is 462 g/mol. The normalized spacial score (nSPS) is 24.4. The van der Waals surface area contributed by atoms with Crippen molar-refractivity contribution in [2.24, 2.45) is 10.1 Å². The molecule has 2 nitrogen and oxygen atoms in total. The Morgan fingerprint density at radius 2 is 1.83 bits per heavy atom. The Hall–Kier alpha value is -1.28. The first kappa shape index (κ1) is 21.0. The lowest BCUT2D eigenvalue weighted by molar-refractivity contribution is -0.159. The summed E-state index contributed by atoms with van der Waals surface area (Å²) in [5.74, 6) is -0.942.